The van der Waals surface area contributed by atoms with Gasteiger partial charge in [0.15, 0.2) is 11.5 Å². The van der Waals surface area contributed by atoms with Gasteiger partial charge in [-0.25, -0.2) is 0 Å². The average Bonchev–Trinajstić information content (AvgIpc) is 3.04. The van der Waals surface area contributed by atoms with Crippen LogP contribution in [0.15, 0.2) is 30.3 Å². The fraction of sp³-hybridized carbons (Fsp3) is 0.421. The summed E-state index contributed by atoms with van der Waals surface area (Å²) < 4.78 is 11.2. The van der Waals surface area contributed by atoms with E-state index >= 15 is 0 Å². The van der Waals surface area contributed by atoms with Gasteiger partial charge in [-0.15, -0.1) is 11.3 Å². The van der Waals surface area contributed by atoms with Crippen molar-refractivity contribution in [2.75, 3.05) is 46.4 Å². The van der Waals surface area contributed by atoms with Crippen molar-refractivity contribution in [1.29, 1.82) is 0 Å². The third-order valence-electron chi connectivity index (χ3n) is 4.65. The summed E-state index contributed by atoms with van der Waals surface area (Å²) >= 11 is 1.54. The molecule has 6 heteroatoms. The number of carbonyl (C=O) groups excluding carboxylic acids is 1. The van der Waals surface area contributed by atoms with E-state index in [-0.39, 0.29) is 5.91 Å². The Labute approximate surface area is 151 Å². The highest BCUT2D eigenvalue weighted by molar-refractivity contribution is 7.17. The molecule has 0 N–H and O–H groups in total. The maximum absolute atomic E-state index is 12.8. The number of fused-ring (bicyclic) bond motifs is 1. The highest BCUT2D eigenvalue weighted by Gasteiger charge is 2.21. The molecule has 1 fully saturated rings. The van der Waals surface area contributed by atoms with Crippen molar-refractivity contribution in [3.8, 4) is 21.9 Å². The Kier molecular flexibility index (Phi) is 4.63. The minimum atomic E-state index is 0.143. The van der Waals surface area contributed by atoms with Crippen LogP contribution in [0.5, 0.6) is 11.5 Å². The second kappa shape index (κ2) is 7.06. The van der Waals surface area contributed by atoms with Crippen LogP contribution in [0.2, 0.25) is 0 Å². The molecule has 0 saturated carbocycles. The van der Waals surface area contributed by atoms with Crippen LogP contribution < -0.4 is 9.47 Å². The monoisotopic (exact) mass is 358 g/mol. The zero-order valence-corrected chi connectivity index (χ0v) is 15.2. The Morgan fingerprint density at radius 2 is 1.84 bits per heavy atom. The van der Waals surface area contributed by atoms with Crippen LogP contribution in [0.3, 0.4) is 0 Å². The third-order valence-corrected chi connectivity index (χ3v) is 5.77. The van der Waals surface area contributed by atoms with Gasteiger partial charge in [-0.3, -0.25) is 4.79 Å². The third kappa shape index (κ3) is 3.50. The predicted octanol–water partition coefficient (Wildman–Crippen LogP) is 2.96. The number of ether oxygens (including phenoxy) is 2. The number of rotatable bonds is 2. The molecule has 0 spiro atoms. The lowest BCUT2D eigenvalue weighted by Gasteiger charge is -2.19. The van der Waals surface area contributed by atoms with Gasteiger partial charge in [-0.2, -0.15) is 0 Å². The van der Waals surface area contributed by atoms with Crippen molar-refractivity contribution in [2.45, 2.75) is 6.42 Å². The average molecular weight is 358 g/mol. The first kappa shape index (κ1) is 16.4. The van der Waals surface area contributed by atoms with Crippen molar-refractivity contribution in [2.24, 2.45) is 0 Å². The van der Waals surface area contributed by atoms with Gasteiger partial charge in [0.05, 0.1) is 4.88 Å². The van der Waals surface area contributed by atoms with Gasteiger partial charge in [0, 0.05) is 24.5 Å². The minimum absolute atomic E-state index is 0.143. The quantitative estimate of drug-likeness (QED) is 0.828. The van der Waals surface area contributed by atoms with Crippen LogP contribution in [-0.2, 0) is 0 Å². The van der Waals surface area contributed by atoms with Gasteiger partial charge >= 0.3 is 0 Å². The van der Waals surface area contributed by atoms with Gasteiger partial charge in [-0.05, 0) is 55.9 Å². The summed E-state index contributed by atoms with van der Waals surface area (Å²) in [5.41, 5.74) is 1.06. The van der Waals surface area contributed by atoms with E-state index in [1.54, 1.807) is 11.3 Å². The first-order chi connectivity index (χ1) is 12.2. The zero-order chi connectivity index (χ0) is 17.2. The molecular formula is C19H22N2O3S. The van der Waals surface area contributed by atoms with Gasteiger partial charge in [0.2, 0.25) is 0 Å². The SMILES string of the molecule is CN1CCCN(C(=O)c2ccc(-c3ccc4c(c3)OCCO4)s2)CC1. The van der Waals surface area contributed by atoms with Crippen molar-refractivity contribution >= 4 is 17.2 Å². The first-order valence-corrected chi connectivity index (χ1v) is 9.50. The highest BCUT2D eigenvalue weighted by Crippen LogP contribution is 2.37. The number of likely N-dealkylation sites (N-methyl/N-ethyl adjacent to an activating group) is 1. The molecule has 2 aromatic rings. The molecule has 0 radical (unpaired) electrons. The molecule has 0 unspecified atom stereocenters. The van der Waals surface area contributed by atoms with Crippen LogP contribution in [0, 0.1) is 0 Å². The van der Waals surface area contributed by atoms with Gasteiger partial charge < -0.3 is 19.3 Å². The van der Waals surface area contributed by atoms with E-state index in [9.17, 15) is 4.79 Å². The van der Waals surface area contributed by atoms with Gasteiger partial charge in [0.1, 0.15) is 13.2 Å². The normalized spacial score (nSPS) is 18.0. The number of hydrogen-bond acceptors (Lipinski definition) is 5. The summed E-state index contributed by atoms with van der Waals surface area (Å²) in [5, 5.41) is 0. The lowest BCUT2D eigenvalue weighted by molar-refractivity contribution is 0.0767. The number of amides is 1. The molecule has 1 aromatic heterocycles. The smallest absolute Gasteiger partial charge is 0.263 e. The molecule has 25 heavy (non-hydrogen) atoms. The first-order valence-electron chi connectivity index (χ1n) is 8.68. The summed E-state index contributed by atoms with van der Waals surface area (Å²) in [6, 6.07) is 9.92. The summed E-state index contributed by atoms with van der Waals surface area (Å²) in [6.07, 6.45) is 1.03. The van der Waals surface area contributed by atoms with Crippen molar-refractivity contribution in [3.05, 3.63) is 35.2 Å². The molecule has 0 bridgehead atoms. The van der Waals surface area contributed by atoms with E-state index in [4.69, 9.17) is 9.47 Å². The zero-order valence-electron chi connectivity index (χ0n) is 14.4. The molecule has 0 aliphatic carbocycles. The number of nitrogens with zero attached hydrogens (tertiary/aromatic N) is 2. The summed E-state index contributed by atoms with van der Waals surface area (Å²) in [7, 11) is 2.11. The molecule has 1 saturated heterocycles. The summed E-state index contributed by atoms with van der Waals surface area (Å²) in [5.74, 6) is 1.71. The molecule has 0 atom stereocenters. The molecule has 2 aliphatic rings. The van der Waals surface area contributed by atoms with E-state index in [0.717, 1.165) is 59.4 Å². The second-order valence-corrected chi connectivity index (χ2v) is 7.56. The largest absolute Gasteiger partial charge is 0.486 e. The van der Waals surface area contributed by atoms with Crippen LogP contribution in [0.1, 0.15) is 16.1 Å². The molecule has 1 amide bonds. The van der Waals surface area contributed by atoms with E-state index in [0.29, 0.717) is 13.2 Å². The Bertz CT molecular complexity index is 774. The second-order valence-electron chi connectivity index (χ2n) is 6.47. The van der Waals surface area contributed by atoms with Crippen molar-refractivity contribution < 1.29 is 14.3 Å². The summed E-state index contributed by atoms with van der Waals surface area (Å²) in [4.78, 5) is 18.9. The highest BCUT2D eigenvalue weighted by atomic mass is 32.1. The number of benzene rings is 1. The number of hydrogen-bond donors (Lipinski definition) is 0. The fourth-order valence-electron chi connectivity index (χ4n) is 3.21. The van der Waals surface area contributed by atoms with Gasteiger partial charge in [-0.1, -0.05) is 0 Å². The molecule has 2 aliphatic heterocycles. The Balaban J connectivity index is 1.52. The maximum atomic E-state index is 12.8. The Morgan fingerprint density at radius 3 is 2.72 bits per heavy atom. The van der Waals surface area contributed by atoms with Crippen LogP contribution in [-0.4, -0.2) is 62.1 Å². The minimum Gasteiger partial charge on any atom is -0.486 e. The lowest BCUT2D eigenvalue weighted by atomic mass is 10.1. The molecule has 3 heterocycles. The fourth-order valence-corrected chi connectivity index (χ4v) is 4.18. The van der Waals surface area contributed by atoms with E-state index in [1.165, 1.54) is 0 Å². The number of carbonyl (C=O) groups is 1. The Morgan fingerprint density at radius 1 is 1.00 bits per heavy atom. The van der Waals surface area contributed by atoms with Crippen LogP contribution >= 0.6 is 11.3 Å². The number of thiophene rings is 1. The van der Waals surface area contributed by atoms with E-state index < -0.39 is 0 Å². The topological polar surface area (TPSA) is 42.0 Å². The molecule has 5 nitrogen and oxygen atoms in total. The Hall–Kier alpha value is -2.05. The summed E-state index contributed by atoms with van der Waals surface area (Å²) in [6.45, 7) is 4.79. The molecule has 132 valence electrons. The van der Waals surface area contributed by atoms with Crippen molar-refractivity contribution in [3.63, 3.8) is 0 Å². The van der Waals surface area contributed by atoms with Gasteiger partial charge in [0.25, 0.3) is 5.91 Å². The molecule has 4 rings (SSSR count). The van der Waals surface area contributed by atoms with E-state index in [1.807, 2.05) is 35.2 Å². The molecular weight excluding hydrogens is 336 g/mol. The lowest BCUT2D eigenvalue weighted by Crippen LogP contribution is -2.34. The van der Waals surface area contributed by atoms with Crippen molar-refractivity contribution in [1.82, 2.24) is 9.80 Å². The molecule has 1 aromatic carbocycles. The van der Waals surface area contributed by atoms with E-state index in [2.05, 4.69) is 11.9 Å². The maximum Gasteiger partial charge on any atom is 0.263 e. The predicted molar refractivity (Wildman–Crippen MR) is 98.8 cm³/mol. The standard InChI is InChI=1S/C19H22N2O3S/c1-20-7-2-8-21(10-9-20)19(22)18-6-5-17(25-18)14-3-4-15-16(13-14)24-12-11-23-15/h3-6,13H,2,7-12H2,1H3. The van der Waals surface area contributed by atoms with Crippen LogP contribution in [0.25, 0.3) is 10.4 Å². The van der Waals surface area contributed by atoms with Crippen LogP contribution in [0.4, 0.5) is 0 Å².